The lowest BCUT2D eigenvalue weighted by atomic mass is 10.0. The molecule has 0 spiro atoms. The molecule has 1 aromatic carbocycles. The van der Waals surface area contributed by atoms with Crippen molar-refractivity contribution >= 4 is 52.6 Å². The highest BCUT2D eigenvalue weighted by atomic mass is 32.2. The number of para-hydroxylation sites is 1. The summed E-state index contributed by atoms with van der Waals surface area (Å²) in [6.07, 6.45) is 2.34. The van der Waals surface area contributed by atoms with Gasteiger partial charge in [0.15, 0.2) is 0 Å². The summed E-state index contributed by atoms with van der Waals surface area (Å²) < 4.78 is 0.526. The molecule has 31 heavy (non-hydrogen) atoms. The molecule has 0 saturated carbocycles. The van der Waals surface area contributed by atoms with E-state index in [9.17, 15) is 14.7 Å². The van der Waals surface area contributed by atoms with Gasteiger partial charge < -0.3 is 15.3 Å². The Morgan fingerprint density at radius 1 is 1.42 bits per heavy atom. The van der Waals surface area contributed by atoms with Gasteiger partial charge in [-0.25, -0.2) is 4.68 Å². The maximum absolute atomic E-state index is 12.7. The van der Waals surface area contributed by atoms with Crippen molar-refractivity contribution in [1.82, 2.24) is 20.0 Å². The van der Waals surface area contributed by atoms with E-state index in [2.05, 4.69) is 10.4 Å². The normalized spacial score (nSPS) is 24.6. The van der Waals surface area contributed by atoms with Crippen LogP contribution in [0.3, 0.4) is 0 Å². The molecule has 3 heterocycles. The zero-order chi connectivity index (χ0) is 22.0. The maximum Gasteiger partial charge on any atom is 0.322 e. The molecule has 2 aliphatic heterocycles. The monoisotopic (exact) mass is 473 g/mol. The predicted octanol–water partition coefficient (Wildman–Crippen LogP) is 2.29. The Bertz CT molecular complexity index is 1050. The number of fused-ring (bicyclic) bond motifs is 1. The number of nitrogens with zero attached hydrogens (tertiary/aromatic N) is 4. The molecular formula is C20H19N5O3S3. The molecular weight excluding hydrogens is 454 g/mol. The number of β-lactam (4-membered cyclic amide) rings is 1. The number of thiocarbonyl (C=S) groups is 1. The summed E-state index contributed by atoms with van der Waals surface area (Å²) in [5.41, 5.74) is 0.840. The van der Waals surface area contributed by atoms with E-state index in [1.165, 1.54) is 23.5 Å². The first kappa shape index (κ1) is 21.7. The lowest BCUT2D eigenvalue weighted by Gasteiger charge is -2.53. The van der Waals surface area contributed by atoms with E-state index in [0.29, 0.717) is 28.6 Å². The van der Waals surface area contributed by atoms with Gasteiger partial charge in [-0.2, -0.15) is 10.4 Å². The molecule has 160 valence electrons. The van der Waals surface area contributed by atoms with Gasteiger partial charge in [-0.05, 0) is 18.2 Å². The topological polar surface area (TPSA) is 111 Å². The third-order valence-corrected chi connectivity index (χ3v) is 8.52. The van der Waals surface area contributed by atoms with Crippen LogP contribution in [-0.4, -0.2) is 65.1 Å². The van der Waals surface area contributed by atoms with E-state index in [4.69, 9.17) is 17.5 Å². The van der Waals surface area contributed by atoms with Gasteiger partial charge in [-0.15, -0.1) is 11.8 Å². The zero-order valence-electron chi connectivity index (χ0n) is 16.3. The van der Waals surface area contributed by atoms with Gasteiger partial charge in [0.2, 0.25) is 5.91 Å². The number of aromatic nitrogens is 2. The first-order chi connectivity index (χ1) is 14.9. The van der Waals surface area contributed by atoms with E-state index in [1.54, 1.807) is 21.8 Å². The minimum Gasteiger partial charge on any atom is -0.480 e. The third-order valence-electron chi connectivity index (χ3n) is 5.13. The van der Waals surface area contributed by atoms with Crippen LogP contribution >= 0.6 is 35.7 Å². The van der Waals surface area contributed by atoms with E-state index in [-0.39, 0.29) is 17.8 Å². The predicted molar refractivity (Wildman–Crippen MR) is 122 cm³/mol. The van der Waals surface area contributed by atoms with Crippen molar-refractivity contribution in [3.8, 4) is 11.8 Å². The number of nitrogens with one attached hydrogen (secondary N) is 1. The fourth-order valence-corrected chi connectivity index (χ4v) is 6.65. The second-order valence-corrected chi connectivity index (χ2v) is 10.2. The summed E-state index contributed by atoms with van der Waals surface area (Å²) >= 11 is 7.87. The third kappa shape index (κ3) is 4.15. The molecule has 0 bridgehead atoms. The lowest BCUT2D eigenvalue weighted by molar-refractivity contribution is -0.149. The van der Waals surface area contributed by atoms with E-state index >= 15 is 0 Å². The van der Waals surface area contributed by atoms with Crippen molar-refractivity contribution in [3.63, 3.8) is 0 Å². The van der Waals surface area contributed by atoms with Gasteiger partial charge >= 0.3 is 5.97 Å². The van der Waals surface area contributed by atoms with Gasteiger partial charge in [0, 0.05) is 25.1 Å². The highest BCUT2D eigenvalue weighted by molar-refractivity contribution is 8.05. The summed E-state index contributed by atoms with van der Waals surface area (Å²) in [4.78, 5) is 27.1. The van der Waals surface area contributed by atoms with Crippen molar-refractivity contribution < 1.29 is 14.7 Å². The van der Waals surface area contributed by atoms with Crippen LogP contribution in [-0.2, 0) is 9.59 Å². The summed E-state index contributed by atoms with van der Waals surface area (Å²) in [5.74, 6) is -0.790. The second kappa shape index (κ2) is 8.90. The Kier molecular flexibility index (Phi) is 6.22. The Balaban J connectivity index is 1.49. The Morgan fingerprint density at radius 2 is 2.19 bits per heavy atom. The molecule has 4 rings (SSSR count). The fourth-order valence-electron chi connectivity index (χ4n) is 3.53. The SMILES string of the molecule is N#CCCC(=S)N[C@@H]1C(=O)N2CC(Sc3ccnn3-c3ccccc3)(C(=O)O)CS[C@H]12. The largest absolute Gasteiger partial charge is 0.480 e. The maximum atomic E-state index is 12.7. The number of benzene rings is 1. The minimum absolute atomic E-state index is 0.104. The standard InChI is InChI=1S/C20H19N5O3S3/c21-9-4-7-14(29)23-16-17(26)24-11-20(19(27)28,12-30-18(16)24)31-15-8-10-22-25(15)13-5-2-1-3-6-13/h1-3,5-6,8,10,16,18H,4,7,11-12H2,(H,23,29)(H,27,28)/t16-,18-,20?/m1/s1. The van der Waals surface area contributed by atoms with Gasteiger partial charge in [0.05, 0.1) is 22.9 Å². The number of rotatable bonds is 7. The number of hydrogen-bond donors (Lipinski definition) is 2. The van der Waals surface area contributed by atoms with Gasteiger partial charge in [-0.3, -0.25) is 9.59 Å². The van der Waals surface area contributed by atoms with Crippen LogP contribution in [0.2, 0.25) is 0 Å². The fraction of sp³-hybridized carbons (Fsp3) is 0.350. The molecule has 3 atom stereocenters. The number of carbonyl (C=O) groups is 2. The Morgan fingerprint density at radius 3 is 2.90 bits per heavy atom. The van der Waals surface area contributed by atoms with E-state index in [0.717, 1.165) is 5.69 Å². The van der Waals surface area contributed by atoms with Gasteiger partial charge in [-0.1, -0.05) is 42.2 Å². The molecule has 2 aliphatic rings. The zero-order valence-corrected chi connectivity index (χ0v) is 18.8. The van der Waals surface area contributed by atoms with Gasteiger partial charge in [0.1, 0.15) is 21.2 Å². The molecule has 1 unspecified atom stereocenters. The van der Waals surface area contributed by atoms with Crippen LogP contribution in [0.15, 0.2) is 47.6 Å². The smallest absolute Gasteiger partial charge is 0.322 e. The van der Waals surface area contributed by atoms with Crippen molar-refractivity contribution in [2.24, 2.45) is 0 Å². The molecule has 2 N–H and O–H groups in total. The van der Waals surface area contributed by atoms with Crippen molar-refractivity contribution in [3.05, 3.63) is 42.6 Å². The highest BCUT2D eigenvalue weighted by Gasteiger charge is 2.58. The lowest BCUT2D eigenvalue weighted by Crippen LogP contribution is -2.74. The quantitative estimate of drug-likeness (QED) is 0.462. The van der Waals surface area contributed by atoms with Crippen molar-refractivity contribution in [2.45, 2.75) is 34.0 Å². The first-order valence-corrected chi connectivity index (χ1v) is 11.8. The number of amides is 1. The average molecular weight is 474 g/mol. The average Bonchev–Trinajstić information content (AvgIpc) is 3.24. The van der Waals surface area contributed by atoms with Crippen LogP contribution in [0.4, 0.5) is 0 Å². The Hall–Kier alpha value is -2.55. The number of nitriles is 1. The summed E-state index contributed by atoms with van der Waals surface area (Å²) in [6, 6.07) is 12.9. The second-order valence-electron chi connectivity index (χ2n) is 7.19. The molecule has 8 nitrogen and oxygen atoms in total. The molecule has 2 aromatic rings. The van der Waals surface area contributed by atoms with Crippen LogP contribution < -0.4 is 5.32 Å². The number of carboxylic acid groups (broad SMARTS) is 1. The number of carbonyl (C=O) groups excluding carboxylic acids is 1. The number of hydrogen-bond acceptors (Lipinski definition) is 7. The number of thioether (sulfide) groups is 2. The molecule has 0 aliphatic carbocycles. The summed E-state index contributed by atoms with van der Waals surface area (Å²) in [6.45, 7) is 0.104. The van der Waals surface area contributed by atoms with Crippen molar-refractivity contribution in [2.75, 3.05) is 12.3 Å². The summed E-state index contributed by atoms with van der Waals surface area (Å²) in [5, 5.41) is 26.7. The molecule has 11 heteroatoms. The molecule has 0 radical (unpaired) electrons. The molecule has 1 aromatic heterocycles. The van der Waals surface area contributed by atoms with E-state index < -0.39 is 16.8 Å². The van der Waals surface area contributed by atoms with E-state index in [1.807, 2.05) is 36.4 Å². The Labute approximate surface area is 193 Å². The minimum atomic E-state index is -1.18. The van der Waals surface area contributed by atoms with Crippen LogP contribution in [0, 0.1) is 11.3 Å². The molecule has 1 amide bonds. The first-order valence-electron chi connectivity index (χ1n) is 9.55. The van der Waals surface area contributed by atoms with Gasteiger partial charge in [0.25, 0.3) is 0 Å². The van der Waals surface area contributed by atoms with Crippen LogP contribution in [0.1, 0.15) is 12.8 Å². The summed E-state index contributed by atoms with van der Waals surface area (Å²) in [7, 11) is 0. The van der Waals surface area contributed by atoms with Crippen LogP contribution in [0.25, 0.3) is 5.69 Å². The van der Waals surface area contributed by atoms with Crippen molar-refractivity contribution in [1.29, 1.82) is 5.26 Å². The number of aliphatic carboxylic acids is 1. The van der Waals surface area contributed by atoms with Crippen LogP contribution in [0.5, 0.6) is 0 Å². The highest BCUT2D eigenvalue weighted by Crippen LogP contribution is 2.46. The molecule has 2 fully saturated rings. The number of carboxylic acids is 1. The molecule has 2 saturated heterocycles.